The van der Waals surface area contributed by atoms with Crippen molar-refractivity contribution in [2.24, 2.45) is 0 Å². The molecule has 0 unspecified atom stereocenters. The number of carbonyl (C=O) groups excluding carboxylic acids is 1. The highest BCUT2D eigenvalue weighted by atomic mass is 32.2. The number of halogens is 1. The number of rotatable bonds is 6. The number of carbonyl (C=O) groups is 1. The number of aryl methyl sites for hydroxylation is 1. The van der Waals surface area contributed by atoms with Crippen molar-refractivity contribution in [2.45, 2.75) is 11.9 Å². The minimum atomic E-state index is -0.300. The van der Waals surface area contributed by atoms with Crippen LogP contribution in [0, 0.1) is 12.7 Å². The summed E-state index contributed by atoms with van der Waals surface area (Å²) in [4.78, 5) is 16.3. The Hall–Kier alpha value is -2.32. The van der Waals surface area contributed by atoms with E-state index < -0.39 is 0 Å². The van der Waals surface area contributed by atoms with Gasteiger partial charge in [0.25, 0.3) is 0 Å². The summed E-state index contributed by atoms with van der Waals surface area (Å²) in [6.07, 6.45) is 1.63. The van der Waals surface area contributed by atoms with Crippen LogP contribution < -0.4 is 5.32 Å². The van der Waals surface area contributed by atoms with Gasteiger partial charge in [0, 0.05) is 12.1 Å². The Kier molecular flexibility index (Phi) is 5.40. The summed E-state index contributed by atoms with van der Waals surface area (Å²) in [6, 6.07) is 6.12. The Bertz CT molecular complexity index is 924. The first-order valence-electron chi connectivity index (χ1n) is 7.48. The van der Waals surface area contributed by atoms with E-state index >= 15 is 0 Å². The van der Waals surface area contributed by atoms with Gasteiger partial charge in [0.15, 0.2) is 0 Å². The quantitative estimate of drug-likeness (QED) is 0.527. The SMILES string of the molecule is C=CCNC(=O)CSc1nnc(-c2ccc(F)cc2)c2sc(C)nc12. The van der Waals surface area contributed by atoms with Crippen LogP contribution in [-0.4, -0.2) is 33.4 Å². The monoisotopic (exact) mass is 374 g/mol. The Labute approximate surface area is 152 Å². The van der Waals surface area contributed by atoms with E-state index in [9.17, 15) is 9.18 Å². The van der Waals surface area contributed by atoms with Crippen LogP contribution in [0.5, 0.6) is 0 Å². The molecule has 0 radical (unpaired) electrons. The zero-order valence-electron chi connectivity index (χ0n) is 13.5. The summed E-state index contributed by atoms with van der Waals surface area (Å²) >= 11 is 2.80. The number of thioether (sulfide) groups is 1. The van der Waals surface area contributed by atoms with Crippen LogP contribution in [0.4, 0.5) is 4.39 Å². The van der Waals surface area contributed by atoms with Gasteiger partial charge < -0.3 is 5.32 Å². The minimum absolute atomic E-state index is 0.102. The van der Waals surface area contributed by atoms with Gasteiger partial charge in [0.1, 0.15) is 22.1 Å². The maximum atomic E-state index is 13.2. The molecule has 0 atom stereocenters. The number of aromatic nitrogens is 3. The summed E-state index contributed by atoms with van der Waals surface area (Å²) in [7, 11) is 0. The molecule has 0 saturated carbocycles. The first kappa shape index (κ1) is 17.5. The maximum absolute atomic E-state index is 13.2. The molecular formula is C17H15FN4OS2. The summed E-state index contributed by atoms with van der Waals surface area (Å²) in [5, 5.41) is 12.7. The largest absolute Gasteiger partial charge is 0.352 e. The zero-order valence-corrected chi connectivity index (χ0v) is 15.1. The zero-order chi connectivity index (χ0) is 17.8. The second kappa shape index (κ2) is 7.71. The van der Waals surface area contributed by atoms with E-state index in [1.165, 1.54) is 35.2 Å². The van der Waals surface area contributed by atoms with E-state index in [0.717, 1.165) is 20.8 Å². The van der Waals surface area contributed by atoms with E-state index in [0.29, 0.717) is 17.3 Å². The van der Waals surface area contributed by atoms with Gasteiger partial charge in [-0.1, -0.05) is 17.8 Å². The van der Waals surface area contributed by atoms with Gasteiger partial charge in [-0.2, -0.15) is 0 Å². The van der Waals surface area contributed by atoms with Crippen molar-refractivity contribution in [3.8, 4) is 11.3 Å². The molecule has 8 heteroatoms. The summed E-state index contributed by atoms with van der Waals surface area (Å²) in [5.41, 5.74) is 2.17. The number of nitrogens with one attached hydrogen (secondary N) is 1. The molecule has 0 aliphatic heterocycles. The van der Waals surface area contributed by atoms with E-state index in [1.54, 1.807) is 18.2 Å². The predicted octanol–water partition coefficient (Wildman–Crippen LogP) is 3.60. The Morgan fingerprint density at radius 1 is 1.36 bits per heavy atom. The van der Waals surface area contributed by atoms with Crippen LogP contribution in [0.3, 0.4) is 0 Å². The fourth-order valence-electron chi connectivity index (χ4n) is 2.19. The molecule has 0 fully saturated rings. The summed E-state index contributed by atoms with van der Waals surface area (Å²) in [6.45, 7) is 5.90. The van der Waals surface area contributed by atoms with Crippen molar-refractivity contribution in [1.82, 2.24) is 20.5 Å². The van der Waals surface area contributed by atoms with Crippen molar-refractivity contribution >= 4 is 39.2 Å². The van der Waals surface area contributed by atoms with Crippen molar-refractivity contribution < 1.29 is 9.18 Å². The van der Waals surface area contributed by atoms with Gasteiger partial charge in [0.2, 0.25) is 5.91 Å². The number of benzene rings is 1. The number of nitrogens with zero attached hydrogens (tertiary/aromatic N) is 3. The number of hydrogen-bond acceptors (Lipinski definition) is 6. The molecular weight excluding hydrogens is 359 g/mol. The molecule has 0 saturated heterocycles. The summed E-state index contributed by atoms with van der Waals surface area (Å²) in [5.74, 6) is -0.176. The fourth-order valence-corrected chi connectivity index (χ4v) is 3.93. The number of hydrogen-bond donors (Lipinski definition) is 1. The van der Waals surface area contributed by atoms with Crippen LogP contribution in [0.25, 0.3) is 21.5 Å². The third-order valence-electron chi connectivity index (χ3n) is 3.29. The first-order valence-corrected chi connectivity index (χ1v) is 9.29. The minimum Gasteiger partial charge on any atom is -0.352 e. The van der Waals surface area contributed by atoms with Crippen LogP contribution in [0.1, 0.15) is 5.01 Å². The average molecular weight is 374 g/mol. The fraction of sp³-hybridized carbons (Fsp3) is 0.176. The molecule has 1 N–H and O–H groups in total. The highest BCUT2D eigenvalue weighted by molar-refractivity contribution is 8.00. The van der Waals surface area contributed by atoms with Gasteiger partial charge in [-0.25, -0.2) is 9.37 Å². The predicted molar refractivity (Wildman–Crippen MR) is 99.3 cm³/mol. The lowest BCUT2D eigenvalue weighted by Gasteiger charge is -2.05. The third-order valence-corrected chi connectivity index (χ3v) is 5.23. The van der Waals surface area contributed by atoms with Crippen LogP contribution >= 0.6 is 23.1 Å². The second-order valence-electron chi connectivity index (χ2n) is 5.15. The van der Waals surface area contributed by atoms with Crippen LogP contribution in [0.15, 0.2) is 41.9 Å². The normalized spacial score (nSPS) is 10.8. The molecule has 0 aliphatic carbocycles. The smallest absolute Gasteiger partial charge is 0.230 e. The molecule has 128 valence electrons. The van der Waals surface area contributed by atoms with E-state index in [-0.39, 0.29) is 17.5 Å². The highest BCUT2D eigenvalue weighted by Crippen LogP contribution is 2.35. The number of amides is 1. The molecule has 1 amide bonds. The lowest BCUT2D eigenvalue weighted by molar-refractivity contribution is -0.118. The van der Waals surface area contributed by atoms with Crippen molar-refractivity contribution in [3.63, 3.8) is 0 Å². The number of thiazole rings is 1. The first-order chi connectivity index (χ1) is 12.1. The molecule has 3 aromatic rings. The standard InChI is InChI=1S/C17H15FN4OS2/c1-3-8-19-13(23)9-24-17-15-16(25-10(2)20-15)14(21-22-17)11-4-6-12(18)7-5-11/h3-7H,1,8-9H2,2H3,(H,19,23). The molecule has 0 spiro atoms. The van der Waals surface area contributed by atoms with Gasteiger partial charge in [0.05, 0.1) is 15.5 Å². The van der Waals surface area contributed by atoms with E-state index in [2.05, 4.69) is 27.1 Å². The molecule has 1 aromatic carbocycles. The van der Waals surface area contributed by atoms with Gasteiger partial charge in [-0.05, 0) is 31.2 Å². The topological polar surface area (TPSA) is 67.8 Å². The molecule has 2 heterocycles. The molecule has 25 heavy (non-hydrogen) atoms. The van der Waals surface area contributed by atoms with Crippen molar-refractivity contribution in [1.29, 1.82) is 0 Å². The molecule has 2 aromatic heterocycles. The summed E-state index contributed by atoms with van der Waals surface area (Å²) < 4.78 is 14.0. The number of fused-ring (bicyclic) bond motifs is 1. The lowest BCUT2D eigenvalue weighted by atomic mass is 10.1. The van der Waals surface area contributed by atoms with Gasteiger partial charge >= 0.3 is 0 Å². The Morgan fingerprint density at radius 2 is 2.12 bits per heavy atom. The third kappa shape index (κ3) is 4.02. The Balaban J connectivity index is 1.92. The average Bonchev–Trinajstić information content (AvgIpc) is 3.00. The van der Waals surface area contributed by atoms with E-state index in [4.69, 9.17) is 0 Å². The molecule has 3 rings (SSSR count). The van der Waals surface area contributed by atoms with Crippen LogP contribution in [-0.2, 0) is 4.79 Å². The Morgan fingerprint density at radius 3 is 2.84 bits per heavy atom. The molecule has 0 bridgehead atoms. The lowest BCUT2D eigenvalue weighted by Crippen LogP contribution is -2.24. The van der Waals surface area contributed by atoms with Crippen LogP contribution in [0.2, 0.25) is 0 Å². The highest BCUT2D eigenvalue weighted by Gasteiger charge is 2.16. The van der Waals surface area contributed by atoms with Gasteiger partial charge in [-0.15, -0.1) is 28.1 Å². The van der Waals surface area contributed by atoms with Gasteiger partial charge in [-0.3, -0.25) is 4.79 Å². The molecule has 5 nitrogen and oxygen atoms in total. The van der Waals surface area contributed by atoms with Crippen molar-refractivity contribution in [2.75, 3.05) is 12.3 Å². The molecule has 0 aliphatic rings. The maximum Gasteiger partial charge on any atom is 0.230 e. The van der Waals surface area contributed by atoms with Crippen molar-refractivity contribution in [3.05, 3.63) is 47.7 Å². The van der Waals surface area contributed by atoms with E-state index in [1.807, 2.05) is 6.92 Å². The second-order valence-corrected chi connectivity index (χ2v) is 7.32.